The number of imidazole rings is 1. The van der Waals surface area contributed by atoms with Crippen molar-refractivity contribution in [3.63, 3.8) is 0 Å². The van der Waals surface area contributed by atoms with Crippen LogP contribution in [-0.2, 0) is 6.54 Å². The zero-order valence-corrected chi connectivity index (χ0v) is 21.1. The molecule has 2 N–H and O–H groups in total. The number of rotatable bonds is 5. The topological polar surface area (TPSA) is 92.9 Å². The van der Waals surface area contributed by atoms with Gasteiger partial charge in [0.25, 0.3) is 0 Å². The molecule has 0 amide bonds. The van der Waals surface area contributed by atoms with E-state index in [1.807, 2.05) is 18.6 Å². The number of hydrogen-bond donors (Lipinski definition) is 2. The molecule has 2 aliphatic heterocycles. The van der Waals surface area contributed by atoms with E-state index in [0.29, 0.717) is 0 Å². The molecule has 188 valence electrons. The summed E-state index contributed by atoms with van der Waals surface area (Å²) in [4.78, 5) is 25.1. The zero-order chi connectivity index (χ0) is 24.8. The first-order valence-corrected chi connectivity index (χ1v) is 13.1. The van der Waals surface area contributed by atoms with Gasteiger partial charge in [0.05, 0.1) is 28.6 Å². The summed E-state index contributed by atoms with van der Waals surface area (Å²) < 4.78 is 0. The van der Waals surface area contributed by atoms with E-state index in [2.05, 4.69) is 72.2 Å². The van der Waals surface area contributed by atoms with E-state index in [0.717, 1.165) is 77.4 Å². The molecule has 0 atom stereocenters. The number of aromatic nitrogens is 6. The number of benzene rings is 1. The van der Waals surface area contributed by atoms with Gasteiger partial charge in [0.2, 0.25) is 0 Å². The van der Waals surface area contributed by atoms with Gasteiger partial charge < -0.3 is 14.8 Å². The number of H-pyrrole nitrogens is 2. The van der Waals surface area contributed by atoms with Crippen LogP contribution in [0.2, 0.25) is 0 Å². The largest absolute Gasteiger partial charge is 0.367 e. The van der Waals surface area contributed by atoms with Gasteiger partial charge in [0.1, 0.15) is 11.2 Å². The molecule has 0 radical (unpaired) electrons. The Hall–Kier alpha value is -3.82. The maximum atomic E-state index is 5.04. The summed E-state index contributed by atoms with van der Waals surface area (Å²) in [6, 6.07) is 10.7. The van der Waals surface area contributed by atoms with Crippen LogP contribution in [0, 0.1) is 0 Å². The molecule has 2 fully saturated rings. The highest BCUT2D eigenvalue weighted by atomic mass is 15.3. The average Bonchev–Trinajstić information content (AvgIpc) is 3.68. The Morgan fingerprint density at radius 1 is 0.919 bits per heavy atom. The molecule has 5 aromatic rings. The molecule has 0 spiro atoms. The lowest BCUT2D eigenvalue weighted by atomic mass is 10.1. The van der Waals surface area contributed by atoms with Crippen molar-refractivity contribution >= 4 is 27.6 Å². The number of pyridine rings is 2. The van der Waals surface area contributed by atoms with Crippen molar-refractivity contribution in [2.24, 2.45) is 0 Å². The molecule has 9 nitrogen and oxygen atoms in total. The molecule has 4 aromatic heterocycles. The van der Waals surface area contributed by atoms with Gasteiger partial charge in [-0.15, -0.1) is 0 Å². The molecule has 2 saturated heterocycles. The summed E-state index contributed by atoms with van der Waals surface area (Å²) in [6.07, 6.45) is 8.29. The van der Waals surface area contributed by atoms with Crippen LogP contribution in [0.15, 0.2) is 48.9 Å². The number of piperazine rings is 1. The minimum Gasteiger partial charge on any atom is -0.367 e. The quantitative estimate of drug-likeness (QED) is 0.383. The van der Waals surface area contributed by atoms with Crippen molar-refractivity contribution < 1.29 is 0 Å². The van der Waals surface area contributed by atoms with Crippen LogP contribution in [0.3, 0.4) is 0 Å². The number of aromatic amines is 2. The monoisotopic (exact) mass is 493 g/mol. The molecule has 7 rings (SSSR count). The highest BCUT2D eigenvalue weighted by molar-refractivity contribution is 5.96. The van der Waals surface area contributed by atoms with Gasteiger partial charge in [-0.2, -0.15) is 5.10 Å². The maximum absolute atomic E-state index is 5.04. The lowest BCUT2D eigenvalue weighted by Gasteiger charge is -2.34. The third-order valence-corrected chi connectivity index (χ3v) is 7.70. The summed E-state index contributed by atoms with van der Waals surface area (Å²) in [5, 5.41) is 8.77. The first kappa shape index (κ1) is 22.4. The standard InChI is InChI=1S/C28H31N9/c1-35-9-11-37(12-10-35)25-6-4-5-22-27(25)32-28(31-22)26-21-14-23(30-17-24(21)33-34-26)20-13-19(15-29-16-20)18-36-7-2-3-8-36/h4-6,13-17H,2-3,7-12,18H2,1H3,(H,31,32)(H,33,34). The number of likely N-dealkylation sites (N-methyl/N-ethyl adjacent to an activating group) is 1. The predicted octanol–water partition coefficient (Wildman–Crippen LogP) is 3.91. The fourth-order valence-corrected chi connectivity index (χ4v) is 5.60. The van der Waals surface area contributed by atoms with Gasteiger partial charge in [0.15, 0.2) is 5.82 Å². The normalized spacial score (nSPS) is 17.4. The van der Waals surface area contributed by atoms with E-state index in [9.17, 15) is 0 Å². The fraction of sp³-hybridized carbons (Fsp3) is 0.357. The third-order valence-electron chi connectivity index (χ3n) is 7.70. The Morgan fingerprint density at radius 2 is 1.78 bits per heavy atom. The summed E-state index contributed by atoms with van der Waals surface area (Å²) in [7, 11) is 2.18. The molecule has 1 aromatic carbocycles. The molecular formula is C28H31N9. The van der Waals surface area contributed by atoms with Crippen LogP contribution in [0.4, 0.5) is 5.69 Å². The highest BCUT2D eigenvalue weighted by Gasteiger charge is 2.20. The summed E-state index contributed by atoms with van der Waals surface area (Å²) in [5.41, 5.74) is 8.02. The van der Waals surface area contributed by atoms with Crippen LogP contribution in [0.25, 0.3) is 44.7 Å². The van der Waals surface area contributed by atoms with Crippen molar-refractivity contribution in [1.29, 1.82) is 0 Å². The maximum Gasteiger partial charge on any atom is 0.159 e. The Labute approximate surface area is 215 Å². The van der Waals surface area contributed by atoms with Crippen molar-refractivity contribution in [1.82, 2.24) is 39.9 Å². The van der Waals surface area contributed by atoms with Crippen LogP contribution in [0.5, 0.6) is 0 Å². The Kier molecular flexibility index (Phi) is 5.59. The molecule has 0 bridgehead atoms. The van der Waals surface area contributed by atoms with Crippen molar-refractivity contribution in [3.8, 4) is 22.8 Å². The average molecular weight is 494 g/mol. The Morgan fingerprint density at radius 3 is 2.65 bits per heavy atom. The first-order chi connectivity index (χ1) is 18.2. The lowest BCUT2D eigenvalue weighted by molar-refractivity contribution is 0.313. The number of para-hydroxylation sites is 1. The fourth-order valence-electron chi connectivity index (χ4n) is 5.60. The van der Waals surface area contributed by atoms with Crippen LogP contribution in [-0.4, -0.2) is 86.2 Å². The van der Waals surface area contributed by atoms with Gasteiger partial charge in [0, 0.05) is 56.1 Å². The van der Waals surface area contributed by atoms with Crippen LogP contribution < -0.4 is 4.90 Å². The predicted molar refractivity (Wildman–Crippen MR) is 146 cm³/mol. The summed E-state index contributed by atoms with van der Waals surface area (Å²) in [5.74, 6) is 0.765. The second-order valence-electron chi connectivity index (χ2n) is 10.3. The minimum absolute atomic E-state index is 0.765. The molecule has 0 aliphatic carbocycles. The second kappa shape index (κ2) is 9.24. The number of fused-ring (bicyclic) bond motifs is 2. The van der Waals surface area contributed by atoms with Gasteiger partial charge in [-0.25, -0.2) is 4.98 Å². The van der Waals surface area contributed by atoms with E-state index in [1.165, 1.54) is 37.2 Å². The SMILES string of the molecule is CN1CCN(c2cccc3[nH]c(-c4n[nH]c5cnc(-c6cncc(CN7CCCC7)c6)cc45)nc23)CC1. The molecule has 0 saturated carbocycles. The molecule has 6 heterocycles. The minimum atomic E-state index is 0.765. The van der Waals surface area contributed by atoms with E-state index < -0.39 is 0 Å². The number of likely N-dealkylation sites (tertiary alicyclic amines) is 1. The number of nitrogens with zero attached hydrogens (tertiary/aromatic N) is 7. The van der Waals surface area contributed by atoms with Crippen molar-refractivity contribution in [3.05, 3.63) is 54.5 Å². The van der Waals surface area contributed by atoms with Crippen molar-refractivity contribution in [2.45, 2.75) is 19.4 Å². The summed E-state index contributed by atoms with van der Waals surface area (Å²) in [6.45, 7) is 7.39. The van der Waals surface area contributed by atoms with E-state index in [-0.39, 0.29) is 0 Å². The van der Waals surface area contributed by atoms with Gasteiger partial charge >= 0.3 is 0 Å². The zero-order valence-electron chi connectivity index (χ0n) is 21.1. The summed E-state index contributed by atoms with van der Waals surface area (Å²) >= 11 is 0. The molecular weight excluding hydrogens is 462 g/mol. The third kappa shape index (κ3) is 4.24. The molecule has 0 unspecified atom stereocenters. The van der Waals surface area contributed by atoms with Crippen molar-refractivity contribution in [2.75, 3.05) is 51.2 Å². The van der Waals surface area contributed by atoms with Crippen LogP contribution in [0.1, 0.15) is 18.4 Å². The van der Waals surface area contributed by atoms with Gasteiger partial charge in [-0.1, -0.05) is 6.07 Å². The smallest absolute Gasteiger partial charge is 0.159 e. The number of hydrogen-bond acceptors (Lipinski definition) is 7. The van der Waals surface area contributed by atoms with Gasteiger partial charge in [-0.05, 0) is 62.8 Å². The Balaban J connectivity index is 1.24. The molecule has 37 heavy (non-hydrogen) atoms. The first-order valence-electron chi connectivity index (χ1n) is 13.1. The lowest BCUT2D eigenvalue weighted by Crippen LogP contribution is -2.44. The Bertz CT molecular complexity index is 1550. The van der Waals surface area contributed by atoms with Gasteiger partial charge in [-0.3, -0.25) is 20.0 Å². The number of nitrogens with one attached hydrogen (secondary N) is 2. The second-order valence-corrected chi connectivity index (χ2v) is 10.3. The number of anilines is 1. The van der Waals surface area contributed by atoms with E-state index in [4.69, 9.17) is 9.97 Å². The molecule has 9 heteroatoms. The van der Waals surface area contributed by atoms with E-state index >= 15 is 0 Å². The van der Waals surface area contributed by atoms with Crippen LogP contribution >= 0.6 is 0 Å². The molecule has 2 aliphatic rings. The van der Waals surface area contributed by atoms with E-state index in [1.54, 1.807) is 0 Å². The highest BCUT2D eigenvalue weighted by Crippen LogP contribution is 2.32.